The van der Waals surface area contributed by atoms with Crippen LogP contribution >= 0.6 is 0 Å². The molecule has 1 spiro atoms. The van der Waals surface area contributed by atoms with Gasteiger partial charge in [-0.15, -0.1) is 0 Å². The highest BCUT2D eigenvalue weighted by Gasteiger charge is 2.38. The molecule has 0 aromatic rings. The van der Waals surface area contributed by atoms with Gasteiger partial charge >= 0.3 is 5.97 Å². The molecule has 25 heavy (non-hydrogen) atoms. The number of ether oxygens (including phenoxy) is 1. The molecule has 0 saturated carbocycles. The van der Waals surface area contributed by atoms with Crippen molar-refractivity contribution in [2.24, 2.45) is 5.41 Å². The number of carbonyl (C=O) groups excluding carboxylic acids is 2. The fourth-order valence-corrected chi connectivity index (χ4v) is 4.75. The lowest BCUT2D eigenvalue weighted by Crippen LogP contribution is -2.53. The minimum absolute atomic E-state index is 0.0983. The number of hydrogen-bond donors (Lipinski definition) is 0. The van der Waals surface area contributed by atoms with Gasteiger partial charge in [0, 0.05) is 13.1 Å². The number of nitrogens with zero attached hydrogens (tertiary/aromatic N) is 2. The molecule has 0 unspecified atom stereocenters. The molecule has 2 aliphatic heterocycles. The number of allylic oxidation sites excluding steroid dienone is 2. The number of carbonyl (C=O) groups is 2. The average molecular weight is 348 g/mol. The second-order valence-electron chi connectivity index (χ2n) is 7.88. The van der Waals surface area contributed by atoms with Gasteiger partial charge in [-0.1, -0.05) is 12.2 Å². The Labute approximate surface area is 151 Å². The molecule has 1 amide bonds. The van der Waals surface area contributed by atoms with E-state index < -0.39 is 0 Å². The largest absolute Gasteiger partial charge is 0.464 e. The van der Waals surface area contributed by atoms with Crippen LogP contribution < -0.4 is 0 Å². The van der Waals surface area contributed by atoms with E-state index in [1.165, 1.54) is 25.7 Å². The second-order valence-corrected chi connectivity index (χ2v) is 7.88. The van der Waals surface area contributed by atoms with Gasteiger partial charge in [0.1, 0.15) is 6.04 Å². The smallest absolute Gasteiger partial charge is 0.328 e. The predicted molar refractivity (Wildman–Crippen MR) is 97.1 cm³/mol. The molecule has 0 aromatic carbocycles. The van der Waals surface area contributed by atoms with E-state index in [1.54, 1.807) is 4.90 Å². The van der Waals surface area contributed by atoms with Gasteiger partial charge < -0.3 is 9.64 Å². The van der Waals surface area contributed by atoms with E-state index in [0.717, 1.165) is 38.8 Å². The Morgan fingerprint density at radius 2 is 2.04 bits per heavy atom. The molecule has 2 heterocycles. The Kier molecular flexibility index (Phi) is 6.15. The van der Waals surface area contributed by atoms with Crippen LogP contribution in [0.3, 0.4) is 0 Å². The first-order valence-corrected chi connectivity index (χ1v) is 9.97. The Hall–Kier alpha value is -1.36. The summed E-state index contributed by atoms with van der Waals surface area (Å²) in [5.41, 5.74) is 0.371. The lowest BCUT2D eigenvalue weighted by molar-refractivity contribution is -0.157. The lowest BCUT2D eigenvalue weighted by Gasteiger charge is -2.44. The van der Waals surface area contributed by atoms with Crippen LogP contribution in [-0.2, 0) is 14.3 Å². The summed E-state index contributed by atoms with van der Waals surface area (Å²) in [6, 6.07) is -0.377. The summed E-state index contributed by atoms with van der Waals surface area (Å²) in [5.74, 6) is -0.135. The highest BCUT2D eigenvalue weighted by atomic mass is 16.5. The fourth-order valence-electron chi connectivity index (χ4n) is 4.75. The van der Waals surface area contributed by atoms with Gasteiger partial charge in [0.15, 0.2) is 0 Å². The van der Waals surface area contributed by atoms with Crippen LogP contribution in [0, 0.1) is 5.41 Å². The highest BCUT2D eigenvalue weighted by molar-refractivity contribution is 5.85. The summed E-state index contributed by atoms with van der Waals surface area (Å²) in [5, 5.41) is 0. The third kappa shape index (κ3) is 4.43. The van der Waals surface area contributed by atoms with Gasteiger partial charge in [-0.05, 0) is 70.3 Å². The Balaban J connectivity index is 1.60. The average Bonchev–Trinajstić information content (AvgIpc) is 2.62. The first kappa shape index (κ1) is 18.4. The third-order valence-electron chi connectivity index (χ3n) is 6.04. The Morgan fingerprint density at radius 1 is 1.16 bits per heavy atom. The summed E-state index contributed by atoms with van der Waals surface area (Å²) < 4.78 is 5.19. The van der Waals surface area contributed by atoms with E-state index in [-0.39, 0.29) is 17.9 Å². The van der Waals surface area contributed by atoms with Gasteiger partial charge in [-0.25, -0.2) is 4.79 Å². The normalized spacial score (nSPS) is 30.4. The number of likely N-dealkylation sites (tertiary alicyclic amines) is 2. The first-order valence-electron chi connectivity index (χ1n) is 9.97. The van der Waals surface area contributed by atoms with Crippen molar-refractivity contribution in [1.29, 1.82) is 0 Å². The van der Waals surface area contributed by atoms with Crippen LogP contribution in [0.5, 0.6) is 0 Å². The van der Waals surface area contributed by atoms with Gasteiger partial charge in [-0.3, -0.25) is 9.69 Å². The van der Waals surface area contributed by atoms with Gasteiger partial charge in [-0.2, -0.15) is 0 Å². The van der Waals surface area contributed by atoms with Gasteiger partial charge in [0.05, 0.1) is 13.2 Å². The van der Waals surface area contributed by atoms with E-state index in [1.807, 2.05) is 6.92 Å². The summed E-state index contributed by atoms with van der Waals surface area (Å²) in [7, 11) is 0. The molecule has 2 atom stereocenters. The lowest BCUT2D eigenvalue weighted by atomic mass is 9.71. The van der Waals surface area contributed by atoms with Crippen molar-refractivity contribution in [2.75, 3.05) is 32.8 Å². The van der Waals surface area contributed by atoms with E-state index >= 15 is 0 Å². The molecule has 2 saturated heterocycles. The van der Waals surface area contributed by atoms with Crippen LogP contribution in [0.4, 0.5) is 0 Å². The van der Waals surface area contributed by atoms with Crippen LogP contribution in [0.1, 0.15) is 58.3 Å². The van der Waals surface area contributed by atoms with Crippen molar-refractivity contribution in [2.45, 2.75) is 64.3 Å². The molecule has 3 rings (SSSR count). The topological polar surface area (TPSA) is 49.9 Å². The summed E-state index contributed by atoms with van der Waals surface area (Å²) in [6.07, 6.45) is 13.3. The number of esters is 1. The predicted octanol–water partition coefficient (Wildman–Crippen LogP) is 2.75. The zero-order valence-corrected chi connectivity index (χ0v) is 15.5. The number of hydrogen-bond acceptors (Lipinski definition) is 4. The zero-order valence-electron chi connectivity index (χ0n) is 15.5. The quantitative estimate of drug-likeness (QED) is 0.579. The zero-order chi connectivity index (χ0) is 17.7. The monoisotopic (exact) mass is 348 g/mol. The van der Waals surface area contributed by atoms with E-state index in [4.69, 9.17) is 4.74 Å². The van der Waals surface area contributed by atoms with Crippen molar-refractivity contribution >= 4 is 11.9 Å². The second kappa shape index (κ2) is 8.35. The van der Waals surface area contributed by atoms with E-state index in [9.17, 15) is 9.59 Å². The van der Waals surface area contributed by atoms with Crippen molar-refractivity contribution in [3.05, 3.63) is 12.2 Å². The van der Waals surface area contributed by atoms with Gasteiger partial charge in [0.2, 0.25) is 5.91 Å². The molecule has 2 fully saturated rings. The number of amides is 1. The number of rotatable bonds is 4. The maximum Gasteiger partial charge on any atom is 0.328 e. The molecule has 5 heteroatoms. The van der Waals surface area contributed by atoms with Crippen molar-refractivity contribution < 1.29 is 14.3 Å². The molecule has 140 valence electrons. The molecule has 0 bridgehead atoms. The third-order valence-corrected chi connectivity index (χ3v) is 6.04. The molecule has 0 N–H and O–H groups in total. The summed E-state index contributed by atoms with van der Waals surface area (Å²) >= 11 is 0. The Morgan fingerprint density at radius 3 is 2.80 bits per heavy atom. The summed E-state index contributed by atoms with van der Waals surface area (Å²) in [4.78, 5) is 29.2. The van der Waals surface area contributed by atoms with Gasteiger partial charge in [0.25, 0.3) is 0 Å². The number of piperidine rings is 2. The van der Waals surface area contributed by atoms with Crippen molar-refractivity contribution in [1.82, 2.24) is 9.80 Å². The maximum atomic E-state index is 12.9. The standard InChI is InChI=1S/C20H32N2O3/c1-2-25-19(24)17-9-4-7-14-22(17)18(23)15-21-13-8-12-20(16-21)10-5-3-6-11-20/h3,5,17H,2,4,6-16H2,1H3/t17-,20-/m0/s1. The van der Waals surface area contributed by atoms with E-state index in [0.29, 0.717) is 25.1 Å². The molecule has 1 aliphatic carbocycles. The van der Waals surface area contributed by atoms with Crippen molar-refractivity contribution in [3.63, 3.8) is 0 Å². The maximum absolute atomic E-state index is 12.9. The molecule has 3 aliphatic rings. The Bertz CT molecular complexity index is 519. The van der Waals surface area contributed by atoms with Crippen LogP contribution in [0.15, 0.2) is 12.2 Å². The summed E-state index contributed by atoms with van der Waals surface area (Å²) in [6.45, 7) is 5.33. The first-order chi connectivity index (χ1) is 12.1. The molecular formula is C20H32N2O3. The molecule has 5 nitrogen and oxygen atoms in total. The highest BCUT2D eigenvalue weighted by Crippen LogP contribution is 2.40. The molecule has 0 radical (unpaired) electrons. The minimum Gasteiger partial charge on any atom is -0.464 e. The SMILES string of the molecule is CCOC(=O)[C@@H]1CCCCN1C(=O)CN1CCC[C@@]2(CC=CCC2)C1. The van der Waals surface area contributed by atoms with Crippen LogP contribution in [0.25, 0.3) is 0 Å². The van der Waals surface area contributed by atoms with Crippen molar-refractivity contribution in [3.8, 4) is 0 Å². The van der Waals surface area contributed by atoms with Crippen LogP contribution in [-0.4, -0.2) is 60.5 Å². The molecule has 0 aromatic heterocycles. The minimum atomic E-state index is -0.377. The molecular weight excluding hydrogens is 316 g/mol. The van der Waals surface area contributed by atoms with E-state index in [2.05, 4.69) is 17.1 Å². The fraction of sp³-hybridized carbons (Fsp3) is 0.800. The van der Waals surface area contributed by atoms with Crippen LogP contribution in [0.2, 0.25) is 0 Å².